The highest BCUT2D eigenvalue weighted by atomic mass is 35.5. The summed E-state index contributed by atoms with van der Waals surface area (Å²) < 4.78 is 10.4. The number of hydrogen-bond donors (Lipinski definition) is 1. The summed E-state index contributed by atoms with van der Waals surface area (Å²) in [7, 11) is 3.79. The molecular weight excluding hydrogens is 398 g/mol. The first-order chi connectivity index (χ1) is 13.9. The Labute approximate surface area is 172 Å². The fraction of sp³-hybridized carbons (Fsp3) is 0.250. The highest BCUT2D eigenvalue weighted by Crippen LogP contribution is 2.38. The average Bonchev–Trinajstić information content (AvgIpc) is 3.14. The van der Waals surface area contributed by atoms with Crippen molar-refractivity contribution in [1.29, 1.82) is 0 Å². The lowest BCUT2D eigenvalue weighted by atomic mass is 10.1. The number of carbonyl (C=O) groups excluding carboxylic acids is 1. The minimum Gasteiger partial charge on any atom is -0.454 e. The SMILES string of the molecule is CN(C)C(CNC(=O)C=Cc1cc2c(cc1[N+](=O)[O-])OCO2)c1ccccc1Cl. The molecule has 0 bridgehead atoms. The van der Waals surface area contributed by atoms with Gasteiger partial charge in [0.15, 0.2) is 11.5 Å². The molecular formula is C20H20ClN3O5. The Balaban J connectivity index is 1.71. The van der Waals surface area contributed by atoms with E-state index in [2.05, 4.69) is 5.32 Å². The van der Waals surface area contributed by atoms with Gasteiger partial charge in [-0.1, -0.05) is 29.8 Å². The number of nitro groups is 1. The Morgan fingerprint density at radius 3 is 2.66 bits per heavy atom. The van der Waals surface area contributed by atoms with E-state index in [1.165, 1.54) is 24.3 Å². The van der Waals surface area contributed by atoms with Crippen molar-refractivity contribution in [2.75, 3.05) is 27.4 Å². The van der Waals surface area contributed by atoms with Crippen LogP contribution in [0.1, 0.15) is 17.2 Å². The first-order valence-electron chi connectivity index (χ1n) is 8.81. The van der Waals surface area contributed by atoms with E-state index in [0.29, 0.717) is 23.1 Å². The number of benzene rings is 2. The lowest BCUT2D eigenvalue weighted by molar-refractivity contribution is -0.385. The summed E-state index contributed by atoms with van der Waals surface area (Å²) in [4.78, 5) is 25.0. The molecule has 0 aromatic heterocycles. The molecule has 1 heterocycles. The van der Waals surface area contributed by atoms with Crippen LogP contribution in [0.2, 0.25) is 5.02 Å². The van der Waals surface area contributed by atoms with Crippen LogP contribution in [0.5, 0.6) is 11.5 Å². The van der Waals surface area contributed by atoms with Crippen molar-refractivity contribution in [3.05, 3.63) is 68.7 Å². The van der Waals surface area contributed by atoms with E-state index in [-0.39, 0.29) is 30.0 Å². The molecule has 29 heavy (non-hydrogen) atoms. The Kier molecular flexibility index (Phi) is 6.36. The van der Waals surface area contributed by atoms with Gasteiger partial charge in [-0.2, -0.15) is 0 Å². The van der Waals surface area contributed by atoms with Gasteiger partial charge in [0.2, 0.25) is 12.7 Å². The molecule has 1 atom stereocenters. The van der Waals surface area contributed by atoms with Gasteiger partial charge in [0.1, 0.15) is 0 Å². The van der Waals surface area contributed by atoms with Gasteiger partial charge in [0.05, 0.1) is 22.6 Å². The maximum atomic E-state index is 12.3. The number of ether oxygens (including phenoxy) is 2. The number of rotatable bonds is 7. The highest BCUT2D eigenvalue weighted by Gasteiger charge is 2.22. The molecule has 3 rings (SSSR count). The topological polar surface area (TPSA) is 93.9 Å². The van der Waals surface area contributed by atoms with Gasteiger partial charge in [-0.05, 0) is 37.9 Å². The zero-order chi connectivity index (χ0) is 21.0. The minimum absolute atomic E-state index is 0.00805. The molecule has 2 aromatic carbocycles. The quantitative estimate of drug-likeness (QED) is 0.421. The molecule has 0 saturated heterocycles. The van der Waals surface area contributed by atoms with Gasteiger partial charge in [0.25, 0.3) is 5.69 Å². The predicted molar refractivity (Wildman–Crippen MR) is 109 cm³/mol. The molecule has 0 aliphatic carbocycles. The van der Waals surface area contributed by atoms with Crippen LogP contribution < -0.4 is 14.8 Å². The molecule has 0 fully saturated rings. The molecule has 0 saturated carbocycles. The molecule has 8 nitrogen and oxygen atoms in total. The number of amides is 1. The summed E-state index contributed by atoms with van der Waals surface area (Å²) in [6.45, 7) is 0.331. The number of halogens is 1. The minimum atomic E-state index is -0.529. The smallest absolute Gasteiger partial charge is 0.280 e. The zero-order valence-corrected chi connectivity index (χ0v) is 16.7. The van der Waals surface area contributed by atoms with E-state index < -0.39 is 4.92 Å². The average molecular weight is 418 g/mol. The van der Waals surface area contributed by atoms with Crippen molar-refractivity contribution in [2.24, 2.45) is 0 Å². The van der Waals surface area contributed by atoms with Gasteiger partial charge in [-0.25, -0.2) is 0 Å². The Bertz CT molecular complexity index is 961. The summed E-state index contributed by atoms with van der Waals surface area (Å²) in [5.41, 5.74) is 0.986. The largest absolute Gasteiger partial charge is 0.454 e. The number of nitrogens with one attached hydrogen (secondary N) is 1. The number of carbonyl (C=O) groups is 1. The maximum Gasteiger partial charge on any atom is 0.280 e. The van der Waals surface area contributed by atoms with Crippen molar-refractivity contribution in [3.63, 3.8) is 0 Å². The second-order valence-corrected chi connectivity index (χ2v) is 7.01. The standard InChI is InChI=1S/C20H20ClN3O5/c1-23(2)17(14-5-3-4-6-15(14)21)11-22-20(25)8-7-13-9-18-19(29-12-28-18)10-16(13)24(26)27/h3-10,17H,11-12H2,1-2H3,(H,22,25). The third kappa shape index (κ3) is 4.85. The summed E-state index contributed by atoms with van der Waals surface area (Å²) in [6, 6.07) is 10.1. The molecule has 1 N–H and O–H groups in total. The molecule has 2 aromatic rings. The Morgan fingerprint density at radius 1 is 1.31 bits per heavy atom. The van der Waals surface area contributed by atoms with Crippen LogP contribution in [0.3, 0.4) is 0 Å². The molecule has 1 amide bonds. The number of hydrogen-bond acceptors (Lipinski definition) is 6. The van der Waals surface area contributed by atoms with Crippen LogP contribution in [-0.4, -0.2) is 43.2 Å². The van der Waals surface area contributed by atoms with E-state index in [9.17, 15) is 14.9 Å². The number of likely N-dealkylation sites (N-methyl/N-ethyl adjacent to an activating group) is 1. The lowest BCUT2D eigenvalue weighted by Crippen LogP contribution is -2.33. The zero-order valence-electron chi connectivity index (χ0n) is 15.9. The third-order valence-corrected chi connectivity index (χ3v) is 4.83. The highest BCUT2D eigenvalue weighted by molar-refractivity contribution is 6.31. The van der Waals surface area contributed by atoms with Crippen LogP contribution in [0, 0.1) is 10.1 Å². The van der Waals surface area contributed by atoms with E-state index in [0.717, 1.165) is 5.56 Å². The normalized spacial score (nSPS) is 13.7. The second kappa shape index (κ2) is 8.93. The fourth-order valence-electron chi connectivity index (χ4n) is 2.98. The van der Waals surface area contributed by atoms with E-state index in [1.54, 1.807) is 6.07 Å². The molecule has 1 aliphatic heterocycles. The molecule has 0 radical (unpaired) electrons. The summed E-state index contributed by atoms with van der Waals surface area (Å²) in [6.07, 6.45) is 2.64. The van der Waals surface area contributed by atoms with Crippen molar-refractivity contribution in [2.45, 2.75) is 6.04 Å². The number of nitro benzene ring substituents is 1. The van der Waals surface area contributed by atoms with Crippen LogP contribution in [0.25, 0.3) is 6.08 Å². The van der Waals surface area contributed by atoms with Gasteiger partial charge < -0.3 is 19.7 Å². The van der Waals surface area contributed by atoms with Gasteiger partial charge >= 0.3 is 0 Å². The van der Waals surface area contributed by atoms with E-state index in [4.69, 9.17) is 21.1 Å². The van der Waals surface area contributed by atoms with Crippen molar-refractivity contribution in [3.8, 4) is 11.5 Å². The first kappa shape index (κ1) is 20.6. The molecule has 9 heteroatoms. The Morgan fingerprint density at radius 2 is 2.00 bits per heavy atom. The molecule has 152 valence electrons. The van der Waals surface area contributed by atoms with Crippen molar-refractivity contribution in [1.82, 2.24) is 10.2 Å². The lowest BCUT2D eigenvalue weighted by Gasteiger charge is -2.25. The summed E-state index contributed by atoms with van der Waals surface area (Å²) in [5, 5.41) is 14.7. The van der Waals surface area contributed by atoms with Gasteiger partial charge in [-0.3, -0.25) is 14.9 Å². The third-order valence-electron chi connectivity index (χ3n) is 4.49. The number of nitrogens with zero attached hydrogens (tertiary/aromatic N) is 2. The maximum absolute atomic E-state index is 12.3. The molecule has 1 unspecified atom stereocenters. The fourth-order valence-corrected chi connectivity index (χ4v) is 3.24. The molecule has 0 spiro atoms. The number of fused-ring (bicyclic) bond motifs is 1. The van der Waals surface area contributed by atoms with Gasteiger partial charge in [-0.15, -0.1) is 0 Å². The van der Waals surface area contributed by atoms with Gasteiger partial charge in [0, 0.05) is 17.6 Å². The summed E-state index contributed by atoms with van der Waals surface area (Å²) >= 11 is 6.27. The first-order valence-corrected chi connectivity index (χ1v) is 9.19. The van der Waals surface area contributed by atoms with Crippen LogP contribution in [0.4, 0.5) is 5.69 Å². The molecule has 1 aliphatic rings. The van der Waals surface area contributed by atoms with E-state index in [1.807, 2.05) is 37.2 Å². The Hall–Kier alpha value is -3.10. The predicted octanol–water partition coefficient (Wildman–Crippen LogP) is 3.41. The summed E-state index contributed by atoms with van der Waals surface area (Å²) in [5.74, 6) is 0.338. The van der Waals surface area contributed by atoms with Crippen molar-refractivity contribution >= 4 is 29.3 Å². The van der Waals surface area contributed by atoms with Crippen molar-refractivity contribution < 1.29 is 19.2 Å². The monoisotopic (exact) mass is 417 g/mol. The van der Waals surface area contributed by atoms with Crippen LogP contribution in [-0.2, 0) is 4.79 Å². The van der Waals surface area contributed by atoms with E-state index >= 15 is 0 Å². The second-order valence-electron chi connectivity index (χ2n) is 6.60. The van der Waals surface area contributed by atoms with Crippen LogP contribution in [0.15, 0.2) is 42.5 Å². The van der Waals surface area contributed by atoms with Crippen LogP contribution >= 0.6 is 11.6 Å².